The van der Waals surface area contributed by atoms with E-state index in [-0.39, 0.29) is 0 Å². The summed E-state index contributed by atoms with van der Waals surface area (Å²) in [5.74, 6) is -1.98. The van der Waals surface area contributed by atoms with E-state index in [0.717, 1.165) is 6.08 Å². The molecular weight excluding hydrogens is 198 g/mol. The number of hydrogen-bond acceptors (Lipinski definition) is 4. The predicted molar refractivity (Wildman–Crippen MR) is 52.9 cm³/mol. The second kappa shape index (κ2) is 5.43. The van der Waals surface area contributed by atoms with Crippen LogP contribution < -0.4 is 5.48 Å². The van der Waals surface area contributed by atoms with Gasteiger partial charge in [0.05, 0.1) is 5.69 Å². The molecule has 0 atom stereocenters. The second-order valence-corrected chi connectivity index (χ2v) is 2.56. The number of para-hydroxylation sites is 1. The Bertz CT molecular complexity index is 372. The zero-order valence-corrected chi connectivity index (χ0v) is 7.71. The molecule has 0 fully saturated rings. The van der Waals surface area contributed by atoms with Crippen molar-refractivity contribution in [1.82, 2.24) is 0 Å². The molecular formula is C10H9NO4. The Balaban J connectivity index is 2.38. The van der Waals surface area contributed by atoms with Gasteiger partial charge in [0.25, 0.3) is 0 Å². The number of nitrogens with one attached hydrogen (secondary N) is 1. The minimum Gasteiger partial charge on any atom is -0.478 e. The lowest BCUT2D eigenvalue weighted by Gasteiger charge is -2.03. The van der Waals surface area contributed by atoms with Crippen LogP contribution in [-0.4, -0.2) is 17.0 Å². The summed E-state index contributed by atoms with van der Waals surface area (Å²) in [6, 6.07) is 8.76. The molecule has 0 spiro atoms. The normalized spacial score (nSPS) is 9.87. The first-order valence-electron chi connectivity index (χ1n) is 4.11. The maximum Gasteiger partial charge on any atom is 0.355 e. The van der Waals surface area contributed by atoms with Gasteiger partial charge in [-0.25, -0.2) is 15.1 Å². The summed E-state index contributed by atoms with van der Waals surface area (Å²) in [4.78, 5) is 25.5. The Morgan fingerprint density at radius 1 is 1.20 bits per heavy atom. The Labute approximate surface area is 85.9 Å². The Hall–Kier alpha value is -2.30. The summed E-state index contributed by atoms with van der Waals surface area (Å²) in [5.41, 5.74) is 2.98. The van der Waals surface area contributed by atoms with E-state index in [0.29, 0.717) is 11.8 Å². The molecule has 0 bridgehead atoms. The van der Waals surface area contributed by atoms with Gasteiger partial charge in [0.15, 0.2) is 0 Å². The SMILES string of the molecule is O=C(O)C=CC(=O)ONc1ccccc1. The van der Waals surface area contributed by atoms with Crippen LogP contribution in [0.4, 0.5) is 5.69 Å². The number of benzene rings is 1. The van der Waals surface area contributed by atoms with Crippen LogP contribution in [-0.2, 0) is 14.4 Å². The molecule has 15 heavy (non-hydrogen) atoms. The van der Waals surface area contributed by atoms with Crippen molar-refractivity contribution in [2.24, 2.45) is 0 Å². The molecule has 0 amide bonds. The molecule has 0 saturated carbocycles. The van der Waals surface area contributed by atoms with E-state index in [1.165, 1.54) is 0 Å². The molecule has 1 rings (SSSR count). The monoisotopic (exact) mass is 207 g/mol. The Morgan fingerprint density at radius 3 is 2.47 bits per heavy atom. The fourth-order valence-electron chi connectivity index (χ4n) is 0.789. The highest BCUT2D eigenvalue weighted by molar-refractivity contribution is 5.90. The molecule has 0 unspecified atom stereocenters. The van der Waals surface area contributed by atoms with E-state index in [4.69, 9.17) is 5.11 Å². The Morgan fingerprint density at radius 2 is 1.87 bits per heavy atom. The number of anilines is 1. The predicted octanol–water partition coefficient (Wildman–Crippen LogP) is 1.20. The van der Waals surface area contributed by atoms with Gasteiger partial charge in [0, 0.05) is 12.2 Å². The topological polar surface area (TPSA) is 75.6 Å². The van der Waals surface area contributed by atoms with Gasteiger partial charge >= 0.3 is 11.9 Å². The summed E-state index contributed by atoms with van der Waals surface area (Å²) in [6.45, 7) is 0. The van der Waals surface area contributed by atoms with Crippen molar-refractivity contribution >= 4 is 17.6 Å². The maximum atomic E-state index is 10.9. The van der Waals surface area contributed by atoms with E-state index < -0.39 is 11.9 Å². The minimum atomic E-state index is -1.20. The summed E-state index contributed by atoms with van der Waals surface area (Å²) >= 11 is 0. The lowest BCUT2D eigenvalue weighted by atomic mass is 10.3. The zero-order chi connectivity index (χ0) is 11.1. The summed E-state index contributed by atoms with van der Waals surface area (Å²) in [7, 11) is 0. The first-order valence-corrected chi connectivity index (χ1v) is 4.11. The fourth-order valence-corrected chi connectivity index (χ4v) is 0.789. The van der Waals surface area contributed by atoms with Crippen molar-refractivity contribution in [3.05, 3.63) is 42.5 Å². The molecule has 0 saturated heterocycles. The summed E-state index contributed by atoms with van der Waals surface area (Å²) < 4.78 is 0. The molecule has 5 nitrogen and oxygen atoms in total. The van der Waals surface area contributed by atoms with Gasteiger partial charge < -0.3 is 9.94 Å². The highest BCUT2D eigenvalue weighted by atomic mass is 16.7. The number of hydrogen-bond donors (Lipinski definition) is 2. The molecule has 0 aliphatic rings. The number of rotatable bonds is 4. The lowest BCUT2D eigenvalue weighted by molar-refractivity contribution is -0.136. The highest BCUT2D eigenvalue weighted by Crippen LogP contribution is 2.04. The first-order chi connectivity index (χ1) is 7.18. The van der Waals surface area contributed by atoms with E-state index >= 15 is 0 Å². The molecule has 1 aromatic carbocycles. The highest BCUT2D eigenvalue weighted by Gasteiger charge is 1.98. The van der Waals surface area contributed by atoms with E-state index in [1.54, 1.807) is 24.3 Å². The third-order valence-corrected chi connectivity index (χ3v) is 1.41. The fraction of sp³-hybridized carbons (Fsp3) is 0. The number of carbonyl (C=O) groups excluding carboxylic acids is 1. The first kappa shape index (κ1) is 10.8. The summed E-state index contributed by atoms with van der Waals surface area (Å²) in [5, 5.41) is 8.23. The molecule has 5 heteroatoms. The molecule has 0 radical (unpaired) electrons. The largest absolute Gasteiger partial charge is 0.478 e. The van der Waals surface area contributed by atoms with Crippen LogP contribution >= 0.6 is 0 Å². The van der Waals surface area contributed by atoms with Gasteiger partial charge in [0.1, 0.15) is 0 Å². The Kier molecular flexibility index (Phi) is 3.91. The van der Waals surface area contributed by atoms with Crippen molar-refractivity contribution in [3.63, 3.8) is 0 Å². The van der Waals surface area contributed by atoms with Gasteiger partial charge in [-0.15, -0.1) is 0 Å². The van der Waals surface area contributed by atoms with E-state index in [2.05, 4.69) is 10.3 Å². The maximum absolute atomic E-state index is 10.9. The van der Waals surface area contributed by atoms with E-state index in [9.17, 15) is 9.59 Å². The van der Waals surface area contributed by atoms with Crippen LogP contribution in [0.1, 0.15) is 0 Å². The zero-order valence-electron chi connectivity index (χ0n) is 7.71. The molecule has 2 N–H and O–H groups in total. The molecule has 0 aliphatic carbocycles. The quantitative estimate of drug-likeness (QED) is 0.573. The summed E-state index contributed by atoms with van der Waals surface area (Å²) in [6.07, 6.45) is 1.52. The van der Waals surface area contributed by atoms with Crippen molar-refractivity contribution in [2.75, 3.05) is 5.48 Å². The molecule has 0 heterocycles. The van der Waals surface area contributed by atoms with Gasteiger partial charge in [-0.1, -0.05) is 18.2 Å². The molecule has 0 aromatic heterocycles. The van der Waals surface area contributed by atoms with Crippen molar-refractivity contribution in [3.8, 4) is 0 Å². The number of carboxylic acids is 1. The lowest BCUT2D eigenvalue weighted by Crippen LogP contribution is -2.08. The second-order valence-electron chi connectivity index (χ2n) is 2.56. The van der Waals surface area contributed by atoms with Gasteiger partial charge in [-0.05, 0) is 12.1 Å². The van der Waals surface area contributed by atoms with Crippen molar-refractivity contribution in [2.45, 2.75) is 0 Å². The molecule has 1 aromatic rings. The van der Waals surface area contributed by atoms with Crippen LogP contribution in [0.5, 0.6) is 0 Å². The molecule has 78 valence electrons. The van der Waals surface area contributed by atoms with Crippen LogP contribution in [0.3, 0.4) is 0 Å². The third kappa shape index (κ3) is 4.47. The minimum absolute atomic E-state index is 0.606. The van der Waals surface area contributed by atoms with Crippen LogP contribution in [0.2, 0.25) is 0 Å². The number of aliphatic carboxylic acids is 1. The molecule has 0 aliphatic heterocycles. The average Bonchev–Trinajstić information content (AvgIpc) is 2.25. The van der Waals surface area contributed by atoms with Crippen molar-refractivity contribution in [1.29, 1.82) is 0 Å². The average molecular weight is 207 g/mol. The van der Waals surface area contributed by atoms with Crippen LogP contribution in [0, 0.1) is 0 Å². The van der Waals surface area contributed by atoms with E-state index in [1.807, 2.05) is 6.07 Å². The van der Waals surface area contributed by atoms with Gasteiger partial charge in [0.2, 0.25) is 0 Å². The van der Waals surface area contributed by atoms with Gasteiger partial charge in [-0.3, -0.25) is 0 Å². The van der Waals surface area contributed by atoms with Crippen molar-refractivity contribution < 1.29 is 19.5 Å². The van der Waals surface area contributed by atoms with Gasteiger partial charge in [-0.2, -0.15) is 0 Å². The third-order valence-electron chi connectivity index (χ3n) is 1.41. The van der Waals surface area contributed by atoms with Crippen LogP contribution in [0.25, 0.3) is 0 Å². The van der Waals surface area contributed by atoms with Crippen LogP contribution in [0.15, 0.2) is 42.5 Å². The standard InChI is InChI=1S/C10H9NO4/c12-9(13)6-7-10(14)15-11-8-4-2-1-3-5-8/h1-7,11H,(H,12,13). The number of carboxylic acid groups (broad SMARTS) is 1. The smallest absolute Gasteiger partial charge is 0.355 e. The number of carbonyl (C=O) groups is 2.